The summed E-state index contributed by atoms with van der Waals surface area (Å²) in [5, 5.41) is 14.1. The molecule has 6 heteroatoms. The van der Waals surface area contributed by atoms with Crippen molar-refractivity contribution in [3.8, 4) is 5.75 Å². The van der Waals surface area contributed by atoms with Gasteiger partial charge in [0.05, 0.1) is 0 Å². The van der Waals surface area contributed by atoms with Gasteiger partial charge in [0.15, 0.2) is 0 Å². The van der Waals surface area contributed by atoms with Crippen molar-refractivity contribution in [3.05, 3.63) is 23.8 Å². The molecule has 78 valence electrons. The van der Waals surface area contributed by atoms with Crippen LogP contribution in [0.5, 0.6) is 5.75 Å². The summed E-state index contributed by atoms with van der Waals surface area (Å²) >= 11 is 5.50. The van der Waals surface area contributed by atoms with E-state index in [1.807, 2.05) is 0 Å². The van der Waals surface area contributed by atoms with Crippen molar-refractivity contribution in [1.29, 1.82) is 0 Å². The molecule has 3 N–H and O–H groups in total. The predicted molar refractivity (Wildman–Crippen MR) is 53.9 cm³/mol. The summed E-state index contributed by atoms with van der Waals surface area (Å²) < 4.78 is 22.0. The van der Waals surface area contributed by atoms with Crippen molar-refractivity contribution in [2.45, 2.75) is 11.3 Å². The van der Waals surface area contributed by atoms with Gasteiger partial charge in [0.25, 0.3) is 0 Å². The molecule has 1 aromatic rings. The minimum atomic E-state index is -3.87. The number of aryl methyl sites for hydroxylation is 1. The molecule has 0 saturated heterocycles. The maximum atomic E-state index is 11.0. The van der Waals surface area contributed by atoms with Gasteiger partial charge in [-0.05, 0) is 24.1 Å². The number of halogens is 1. The van der Waals surface area contributed by atoms with Crippen LogP contribution in [-0.2, 0) is 16.4 Å². The van der Waals surface area contributed by atoms with Crippen molar-refractivity contribution >= 4 is 21.6 Å². The average molecular weight is 236 g/mol. The van der Waals surface area contributed by atoms with E-state index in [4.69, 9.17) is 16.7 Å². The topological polar surface area (TPSA) is 80.4 Å². The van der Waals surface area contributed by atoms with Gasteiger partial charge in [-0.1, -0.05) is 6.07 Å². The molecule has 0 unspecified atom stereocenters. The zero-order chi connectivity index (χ0) is 10.8. The van der Waals surface area contributed by atoms with Gasteiger partial charge in [0.2, 0.25) is 10.0 Å². The van der Waals surface area contributed by atoms with Crippen molar-refractivity contribution in [1.82, 2.24) is 0 Å². The molecule has 0 bridgehead atoms. The Morgan fingerprint density at radius 1 is 1.43 bits per heavy atom. The Balaban J connectivity index is 3.22. The molecule has 14 heavy (non-hydrogen) atoms. The molecule has 0 aromatic heterocycles. The maximum Gasteiger partial charge on any atom is 0.241 e. The van der Waals surface area contributed by atoms with Crippen LogP contribution in [0.15, 0.2) is 23.1 Å². The molecule has 1 rings (SSSR count). The molecule has 0 saturated carbocycles. The van der Waals surface area contributed by atoms with Crippen molar-refractivity contribution in [2.75, 3.05) is 5.88 Å². The first-order valence-corrected chi connectivity index (χ1v) is 5.94. The van der Waals surface area contributed by atoms with Crippen LogP contribution in [-0.4, -0.2) is 19.4 Å². The number of benzene rings is 1. The molecule has 0 aliphatic heterocycles. The van der Waals surface area contributed by atoms with Crippen LogP contribution < -0.4 is 5.14 Å². The molecular weight excluding hydrogens is 226 g/mol. The third-order valence-corrected chi connectivity index (χ3v) is 2.84. The van der Waals surface area contributed by atoms with E-state index in [1.54, 1.807) is 6.07 Å². The molecule has 0 aliphatic carbocycles. The molecule has 4 nitrogen and oxygen atoms in total. The van der Waals surface area contributed by atoms with E-state index in [0.29, 0.717) is 12.3 Å². The highest BCUT2D eigenvalue weighted by Crippen LogP contribution is 2.22. The molecule has 0 spiro atoms. The van der Waals surface area contributed by atoms with E-state index in [0.717, 1.165) is 5.56 Å². The summed E-state index contributed by atoms with van der Waals surface area (Å²) in [5.41, 5.74) is 0.724. The van der Waals surface area contributed by atoms with Gasteiger partial charge in [-0.2, -0.15) is 0 Å². The fourth-order valence-electron chi connectivity index (χ4n) is 1.05. The van der Waals surface area contributed by atoms with Gasteiger partial charge in [-0.25, -0.2) is 13.6 Å². The molecule has 0 radical (unpaired) electrons. The summed E-state index contributed by atoms with van der Waals surface area (Å²) in [7, 11) is -3.87. The summed E-state index contributed by atoms with van der Waals surface area (Å²) in [6, 6.07) is 4.22. The van der Waals surface area contributed by atoms with Gasteiger partial charge in [0, 0.05) is 5.88 Å². The standard InChI is InChI=1S/C8H10ClNO3S/c9-4-3-6-1-2-7(11)8(5-6)14(10,12)13/h1-2,5,11H,3-4H2,(H2,10,12,13). The number of rotatable bonds is 3. The van der Waals surface area contributed by atoms with E-state index in [1.165, 1.54) is 12.1 Å². The minimum Gasteiger partial charge on any atom is -0.507 e. The number of nitrogens with two attached hydrogens (primary N) is 1. The monoisotopic (exact) mass is 235 g/mol. The Kier molecular flexibility index (Phi) is 3.36. The lowest BCUT2D eigenvalue weighted by Crippen LogP contribution is -2.12. The van der Waals surface area contributed by atoms with Crippen LogP contribution in [0.1, 0.15) is 5.56 Å². The molecule has 0 aliphatic rings. The van der Waals surface area contributed by atoms with Gasteiger partial charge >= 0.3 is 0 Å². The van der Waals surface area contributed by atoms with E-state index in [9.17, 15) is 13.5 Å². The fourth-order valence-corrected chi connectivity index (χ4v) is 1.94. The highest BCUT2D eigenvalue weighted by atomic mass is 35.5. The second-order valence-electron chi connectivity index (χ2n) is 2.79. The molecular formula is C8H10ClNO3S. The average Bonchev–Trinajstić information content (AvgIpc) is 2.07. The lowest BCUT2D eigenvalue weighted by Gasteiger charge is -2.04. The number of hydrogen-bond donors (Lipinski definition) is 2. The van der Waals surface area contributed by atoms with Crippen molar-refractivity contribution in [2.24, 2.45) is 5.14 Å². The van der Waals surface area contributed by atoms with Crippen LogP contribution in [0.2, 0.25) is 0 Å². The van der Waals surface area contributed by atoms with Gasteiger partial charge in [0.1, 0.15) is 10.6 Å². The minimum absolute atomic E-state index is 0.264. The number of sulfonamides is 1. The lowest BCUT2D eigenvalue weighted by atomic mass is 10.2. The first kappa shape index (κ1) is 11.3. The molecule has 0 heterocycles. The Morgan fingerprint density at radius 3 is 2.57 bits per heavy atom. The SMILES string of the molecule is NS(=O)(=O)c1cc(CCCl)ccc1O. The number of primary sulfonamides is 1. The lowest BCUT2D eigenvalue weighted by molar-refractivity contribution is 0.458. The largest absolute Gasteiger partial charge is 0.507 e. The summed E-state index contributed by atoms with van der Waals surface area (Å²) in [6.07, 6.45) is 0.532. The molecule has 1 aromatic carbocycles. The summed E-state index contributed by atoms with van der Waals surface area (Å²) in [4.78, 5) is -0.264. The Hall–Kier alpha value is -0.780. The molecule has 0 atom stereocenters. The predicted octanol–water partition coefficient (Wildman–Crippen LogP) is 0.821. The van der Waals surface area contributed by atoms with Crippen LogP contribution in [0.25, 0.3) is 0 Å². The highest BCUT2D eigenvalue weighted by Gasteiger charge is 2.13. The van der Waals surface area contributed by atoms with Crippen LogP contribution in [0, 0.1) is 0 Å². The zero-order valence-electron chi connectivity index (χ0n) is 7.27. The van der Waals surface area contributed by atoms with Gasteiger partial charge < -0.3 is 5.11 Å². The highest BCUT2D eigenvalue weighted by molar-refractivity contribution is 7.89. The van der Waals surface area contributed by atoms with E-state index < -0.39 is 10.0 Å². The first-order valence-electron chi connectivity index (χ1n) is 3.86. The third-order valence-electron chi connectivity index (χ3n) is 1.71. The van der Waals surface area contributed by atoms with Gasteiger partial charge in [-0.15, -0.1) is 11.6 Å². The fraction of sp³-hybridized carbons (Fsp3) is 0.250. The summed E-state index contributed by atoms with van der Waals surface area (Å²) in [6.45, 7) is 0. The quantitative estimate of drug-likeness (QED) is 0.762. The maximum absolute atomic E-state index is 11.0. The molecule has 0 fully saturated rings. The van der Waals surface area contributed by atoms with Crippen molar-refractivity contribution in [3.63, 3.8) is 0 Å². The first-order chi connectivity index (χ1) is 6.45. The van der Waals surface area contributed by atoms with E-state index >= 15 is 0 Å². The Labute approximate surface area is 87.4 Å². The van der Waals surface area contributed by atoms with Crippen LogP contribution >= 0.6 is 11.6 Å². The third kappa shape index (κ3) is 2.60. The Bertz CT molecular complexity index is 430. The smallest absolute Gasteiger partial charge is 0.241 e. The van der Waals surface area contributed by atoms with Crippen LogP contribution in [0.3, 0.4) is 0 Å². The van der Waals surface area contributed by atoms with E-state index in [2.05, 4.69) is 0 Å². The number of phenols is 1. The number of alkyl halides is 1. The van der Waals surface area contributed by atoms with Gasteiger partial charge in [-0.3, -0.25) is 0 Å². The van der Waals surface area contributed by atoms with E-state index in [-0.39, 0.29) is 10.6 Å². The van der Waals surface area contributed by atoms with Crippen molar-refractivity contribution < 1.29 is 13.5 Å². The van der Waals surface area contributed by atoms with Crippen LogP contribution in [0.4, 0.5) is 0 Å². The zero-order valence-corrected chi connectivity index (χ0v) is 8.85. The number of hydrogen-bond acceptors (Lipinski definition) is 3. The normalized spacial score (nSPS) is 11.6. The Morgan fingerprint density at radius 2 is 2.07 bits per heavy atom. The number of aromatic hydroxyl groups is 1. The summed E-state index contributed by atoms with van der Waals surface area (Å²) in [5.74, 6) is 0.0419. The second kappa shape index (κ2) is 4.16. The molecule has 0 amide bonds. The number of phenolic OH excluding ortho intramolecular Hbond substituents is 1. The second-order valence-corrected chi connectivity index (χ2v) is 4.69.